The summed E-state index contributed by atoms with van der Waals surface area (Å²) >= 11 is 6.60. The van der Waals surface area contributed by atoms with Crippen molar-refractivity contribution >= 4 is 34.9 Å². The summed E-state index contributed by atoms with van der Waals surface area (Å²) < 4.78 is 0. The zero-order valence-corrected chi connectivity index (χ0v) is 14.0. The number of anilines is 3. The number of hydrogen-bond donors (Lipinski definition) is 2. The molecule has 0 fully saturated rings. The average molecular weight is 337 g/mol. The van der Waals surface area contributed by atoms with Crippen molar-refractivity contribution in [2.24, 2.45) is 0 Å². The molecular weight excluding hydrogens is 320 g/mol. The smallest absolute Gasteiger partial charge is 0.150 e. The van der Waals surface area contributed by atoms with Gasteiger partial charge in [0.25, 0.3) is 0 Å². The largest absolute Gasteiger partial charge is 0.397 e. The highest BCUT2D eigenvalue weighted by molar-refractivity contribution is 6.36. The lowest BCUT2D eigenvalue weighted by atomic mass is 10.00. The highest BCUT2D eigenvalue weighted by Crippen LogP contribution is 2.36. The van der Waals surface area contributed by atoms with E-state index in [2.05, 4.69) is 5.32 Å². The van der Waals surface area contributed by atoms with Gasteiger partial charge in [0.1, 0.15) is 6.29 Å². The Labute approximate surface area is 146 Å². The van der Waals surface area contributed by atoms with Crippen molar-refractivity contribution < 1.29 is 4.79 Å². The Morgan fingerprint density at radius 1 is 1.00 bits per heavy atom. The molecule has 24 heavy (non-hydrogen) atoms. The number of para-hydroxylation sites is 2. The highest BCUT2D eigenvalue weighted by Gasteiger charge is 2.10. The molecule has 0 aliphatic heterocycles. The Bertz CT molecular complexity index is 906. The molecule has 0 heterocycles. The lowest BCUT2D eigenvalue weighted by molar-refractivity contribution is 0.112. The number of hydrogen-bond acceptors (Lipinski definition) is 3. The zero-order chi connectivity index (χ0) is 17.1. The first-order chi connectivity index (χ1) is 11.6. The van der Waals surface area contributed by atoms with Gasteiger partial charge in [0.2, 0.25) is 0 Å². The monoisotopic (exact) mass is 336 g/mol. The van der Waals surface area contributed by atoms with Gasteiger partial charge in [0.05, 0.1) is 22.1 Å². The predicted molar refractivity (Wildman–Crippen MR) is 101 cm³/mol. The Kier molecular flexibility index (Phi) is 4.54. The lowest BCUT2D eigenvalue weighted by Crippen LogP contribution is -1.97. The van der Waals surface area contributed by atoms with Crippen LogP contribution in [0.5, 0.6) is 0 Å². The Hall–Kier alpha value is -2.78. The van der Waals surface area contributed by atoms with E-state index in [4.69, 9.17) is 17.3 Å². The van der Waals surface area contributed by atoms with Gasteiger partial charge in [-0.2, -0.15) is 0 Å². The molecule has 0 aromatic heterocycles. The van der Waals surface area contributed by atoms with Crippen molar-refractivity contribution in [3.63, 3.8) is 0 Å². The minimum absolute atomic E-state index is 0.610. The van der Waals surface area contributed by atoms with Crippen molar-refractivity contribution in [3.05, 3.63) is 76.8 Å². The maximum Gasteiger partial charge on any atom is 0.150 e. The molecular formula is C20H17ClN2O. The highest BCUT2D eigenvalue weighted by atomic mass is 35.5. The molecule has 0 spiro atoms. The van der Waals surface area contributed by atoms with Crippen LogP contribution in [0, 0.1) is 6.92 Å². The van der Waals surface area contributed by atoms with E-state index in [9.17, 15) is 4.79 Å². The van der Waals surface area contributed by atoms with Gasteiger partial charge in [-0.1, -0.05) is 54.1 Å². The third-order valence-corrected chi connectivity index (χ3v) is 4.34. The van der Waals surface area contributed by atoms with Gasteiger partial charge in [0.15, 0.2) is 0 Å². The van der Waals surface area contributed by atoms with Crippen LogP contribution in [0.4, 0.5) is 17.1 Å². The summed E-state index contributed by atoms with van der Waals surface area (Å²) in [4.78, 5) is 11.0. The fraction of sp³-hybridized carbons (Fsp3) is 0.0500. The number of halogens is 1. The van der Waals surface area contributed by atoms with Crippen molar-refractivity contribution in [2.45, 2.75) is 6.92 Å². The maximum atomic E-state index is 11.0. The van der Waals surface area contributed by atoms with Crippen LogP contribution in [0.15, 0.2) is 60.7 Å². The van der Waals surface area contributed by atoms with E-state index in [0.29, 0.717) is 16.3 Å². The summed E-state index contributed by atoms with van der Waals surface area (Å²) in [5, 5.41) is 3.88. The van der Waals surface area contributed by atoms with Gasteiger partial charge in [-0.3, -0.25) is 4.79 Å². The molecule has 0 radical (unpaired) electrons. The number of benzene rings is 3. The van der Waals surface area contributed by atoms with Crippen LogP contribution in [0.3, 0.4) is 0 Å². The summed E-state index contributed by atoms with van der Waals surface area (Å²) in [7, 11) is 0. The first-order valence-electron chi connectivity index (χ1n) is 7.56. The molecule has 0 bridgehead atoms. The van der Waals surface area contributed by atoms with Crippen molar-refractivity contribution in [2.75, 3.05) is 11.1 Å². The standard InChI is InChI=1S/C20H17ClN2O/c1-13-11-14(9-10-15(13)12-24)16-5-4-8-19(20(16)21)23-18-7-3-2-6-17(18)22/h2-12,23H,22H2,1H3. The first kappa shape index (κ1) is 16.1. The summed E-state index contributed by atoms with van der Waals surface area (Å²) in [6, 6.07) is 19.0. The predicted octanol–water partition coefficient (Wildman–Crippen LogP) is 5.45. The second-order valence-corrected chi connectivity index (χ2v) is 5.95. The van der Waals surface area contributed by atoms with E-state index in [0.717, 1.165) is 34.4 Å². The summed E-state index contributed by atoms with van der Waals surface area (Å²) in [6.45, 7) is 1.91. The molecule has 0 amide bonds. The number of aryl methyl sites for hydroxylation is 1. The fourth-order valence-corrected chi connectivity index (χ4v) is 2.87. The minimum Gasteiger partial charge on any atom is -0.397 e. The number of aldehydes is 1. The molecule has 3 aromatic carbocycles. The second kappa shape index (κ2) is 6.77. The van der Waals surface area contributed by atoms with E-state index < -0.39 is 0 Å². The Balaban J connectivity index is 2.01. The van der Waals surface area contributed by atoms with Gasteiger partial charge in [-0.05, 0) is 36.2 Å². The number of carbonyl (C=O) groups excluding carboxylic acids is 1. The molecule has 4 heteroatoms. The molecule has 3 aromatic rings. The molecule has 0 atom stereocenters. The van der Waals surface area contributed by atoms with E-state index >= 15 is 0 Å². The summed E-state index contributed by atoms with van der Waals surface area (Å²) in [5.41, 5.74) is 11.7. The molecule has 0 aliphatic rings. The third-order valence-electron chi connectivity index (χ3n) is 3.94. The van der Waals surface area contributed by atoms with Crippen molar-refractivity contribution in [3.8, 4) is 11.1 Å². The number of nitrogens with two attached hydrogens (primary N) is 1. The molecule has 3 rings (SSSR count). The molecule has 0 saturated carbocycles. The van der Waals surface area contributed by atoms with Gasteiger partial charge in [-0.25, -0.2) is 0 Å². The third kappa shape index (κ3) is 3.12. The minimum atomic E-state index is 0.610. The zero-order valence-electron chi connectivity index (χ0n) is 13.2. The summed E-state index contributed by atoms with van der Waals surface area (Å²) in [5.74, 6) is 0. The molecule has 3 nitrogen and oxygen atoms in total. The normalized spacial score (nSPS) is 10.4. The van der Waals surface area contributed by atoms with Gasteiger partial charge >= 0.3 is 0 Å². The van der Waals surface area contributed by atoms with E-state index in [1.165, 1.54) is 0 Å². The van der Waals surface area contributed by atoms with Gasteiger partial charge in [-0.15, -0.1) is 0 Å². The van der Waals surface area contributed by atoms with Crippen molar-refractivity contribution in [1.29, 1.82) is 0 Å². The van der Waals surface area contributed by atoms with Crippen LogP contribution in [-0.2, 0) is 0 Å². The van der Waals surface area contributed by atoms with Crippen LogP contribution in [0.1, 0.15) is 15.9 Å². The van der Waals surface area contributed by atoms with E-state index in [1.54, 1.807) is 0 Å². The second-order valence-electron chi connectivity index (χ2n) is 5.57. The van der Waals surface area contributed by atoms with Gasteiger partial charge < -0.3 is 11.1 Å². The van der Waals surface area contributed by atoms with Crippen LogP contribution in [-0.4, -0.2) is 6.29 Å². The number of nitrogens with one attached hydrogen (secondary N) is 1. The molecule has 120 valence electrons. The maximum absolute atomic E-state index is 11.0. The SMILES string of the molecule is Cc1cc(-c2cccc(Nc3ccccc3N)c2Cl)ccc1C=O. The number of rotatable bonds is 4. The van der Waals surface area contributed by atoms with Crippen LogP contribution in [0.25, 0.3) is 11.1 Å². The van der Waals surface area contributed by atoms with E-state index in [1.807, 2.05) is 67.6 Å². The molecule has 0 aliphatic carbocycles. The number of carbonyl (C=O) groups is 1. The first-order valence-corrected chi connectivity index (χ1v) is 7.94. The van der Waals surface area contributed by atoms with Crippen LogP contribution < -0.4 is 11.1 Å². The van der Waals surface area contributed by atoms with Crippen molar-refractivity contribution in [1.82, 2.24) is 0 Å². The molecule has 3 N–H and O–H groups in total. The van der Waals surface area contributed by atoms with Gasteiger partial charge in [0, 0.05) is 11.1 Å². The fourth-order valence-electron chi connectivity index (χ4n) is 2.58. The number of nitrogen functional groups attached to an aromatic ring is 1. The average Bonchev–Trinajstić information content (AvgIpc) is 2.58. The Morgan fingerprint density at radius 3 is 2.46 bits per heavy atom. The topological polar surface area (TPSA) is 55.1 Å². The van der Waals surface area contributed by atoms with Crippen LogP contribution in [0.2, 0.25) is 5.02 Å². The summed E-state index contributed by atoms with van der Waals surface area (Å²) in [6.07, 6.45) is 0.858. The molecule has 0 saturated heterocycles. The molecule has 0 unspecified atom stereocenters. The lowest BCUT2D eigenvalue weighted by Gasteiger charge is -2.14. The quantitative estimate of drug-likeness (QED) is 0.491. The van der Waals surface area contributed by atoms with Crippen LogP contribution >= 0.6 is 11.6 Å². The van der Waals surface area contributed by atoms with E-state index in [-0.39, 0.29) is 0 Å². The Morgan fingerprint density at radius 2 is 1.75 bits per heavy atom.